The van der Waals surface area contributed by atoms with E-state index in [-0.39, 0.29) is 84.0 Å². The van der Waals surface area contributed by atoms with Crippen molar-refractivity contribution in [2.75, 3.05) is 68.3 Å². The molecule has 1 aliphatic carbocycles. The molecule has 1 aromatic rings. The number of allylic oxidation sites excluding steroid dienone is 1. The van der Waals surface area contributed by atoms with E-state index in [0.717, 1.165) is 12.0 Å². The predicted molar refractivity (Wildman–Crippen MR) is 318 cm³/mol. The van der Waals surface area contributed by atoms with Crippen LogP contribution in [0, 0.1) is 40.9 Å². The second-order valence-electron chi connectivity index (χ2n) is 24.4. The van der Waals surface area contributed by atoms with Gasteiger partial charge in [-0.05, 0) is 99.5 Å². The number of ketones is 3. The molecule has 0 radical (unpaired) electrons. The number of likely N-dealkylation sites (N-methyl/N-ethyl adjacent to an activating group) is 2. The Hall–Kier alpha value is -4.59. The molecule has 2 aliphatic rings. The zero-order valence-electron chi connectivity index (χ0n) is 52.5. The topological polar surface area (TPSA) is 234 Å². The number of nitrogens with zero attached hydrogens (tertiary/aromatic N) is 3. The van der Waals surface area contributed by atoms with Crippen LogP contribution in [-0.4, -0.2) is 172 Å². The maximum absolute atomic E-state index is 14.9. The zero-order valence-corrected chi connectivity index (χ0v) is 52.5. The van der Waals surface area contributed by atoms with Crippen molar-refractivity contribution in [3.8, 4) is 0 Å². The molecule has 1 heterocycles. The molecule has 0 bridgehead atoms. The average molecular weight is 1150 g/mol. The molecule has 1 aliphatic heterocycles. The molecule has 4 N–H and O–H groups in total. The van der Waals surface area contributed by atoms with Crippen LogP contribution in [0.5, 0.6) is 0 Å². The molecule has 4 amide bonds. The van der Waals surface area contributed by atoms with Crippen LogP contribution in [0.4, 0.5) is 4.79 Å². The van der Waals surface area contributed by atoms with E-state index in [1.54, 1.807) is 45.2 Å². The molecular weight excluding hydrogens is 1050 g/mol. The molecule has 18 heteroatoms. The lowest BCUT2D eigenvalue weighted by Crippen LogP contribution is -2.54. The third-order valence-corrected chi connectivity index (χ3v) is 17.5. The Kier molecular flexibility index (Phi) is 31.7. The number of rotatable bonds is 37. The minimum Gasteiger partial charge on any atom is -0.442 e. The summed E-state index contributed by atoms with van der Waals surface area (Å²) in [6, 6.07) is 6.94. The van der Waals surface area contributed by atoms with E-state index in [0.29, 0.717) is 104 Å². The normalized spacial score (nSPS) is 21.6. The maximum Gasteiger partial charge on any atom is 0.410 e. The highest BCUT2D eigenvalue weighted by Crippen LogP contribution is 2.35. The molecular formula is C64H107N5O13. The summed E-state index contributed by atoms with van der Waals surface area (Å²) in [6.45, 7) is 19.6. The van der Waals surface area contributed by atoms with E-state index >= 15 is 0 Å². The monoisotopic (exact) mass is 1150 g/mol. The summed E-state index contributed by atoms with van der Waals surface area (Å²) in [6.07, 6.45) is 7.39. The van der Waals surface area contributed by atoms with Crippen molar-refractivity contribution in [1.82, 2.24) is 20.0 Å². The Morgan fingerprint density at radius 2 is 1.50 bits per heavy atom. The van der Waals surface area contributed by atoms with Gasteiger partial charge in [0.15, 0.2) is 5.78 Å². The van der Waals surface area contributed by atoms with E-state index < -0.39 is 65.9 Å². The molecule has 13 atom stereocenters. The average Bonchev–Trinajstić information content (AvgIpc) is 3.94. The minimum absolute atomic E-state index is 0.00530. The number of carbonyl (C=O) groups is 7. The number of amides is 4. The standard InChI is InChI=1S/C64H107N5O13/c1-15-44(6)58(55(79-13)41-56(73)69-35-23-29-51(69)60(80-14)46(8)53(71)39-45(7)59(74)47-25-17-16-18-26-47)67(10)61(75)49(42(2)3)40-54(72)57(43(4)5)68(11)63(77)82-48-27-19-21-32-64(9,33-31-48)62(76)66-34-22-20-28-50(65)52(70)30-24-36-81-38-37-78-12/h16-19,25-27,42-46,48-51,55,57-60,74H,15,20-24,28-41,65H2,1-14H3,(H,66,76)/b27-19+/t44-,45-,46-,48?,49-,50?,51-,55+,57-,58-,59+,60+,64?/m0/s1. The maximum atomic E-state index is 14.9. The van der Waals surface area contributed by atoms with Gasteiger partial charge in [0.2, 0.25) is 17.7 Å². The predicted octanol–water partition coefficient (Wildman–Crippen LogP) is 8.69. The molecule has 466 valence electrons. The van der Waals surface area contributed by atoms with Crippen molar-refractivity contribution in [1.29, 1.82) is 0 Å². The van der Waals surface area contributed by atoms with Crippen molar-refractivity contribution >= 4 is 41.2 Å². The summed E-state index contributed by atoms with van der Waals surface area (Å²) in [5, 5.41) is 14.1. The summed E-state index contributed by atoms with van der Waals surface area (Å²) >= 11 is 0. The van der Waals surface area contributed by atoms with Crippen molar-refractivity contribution in [3.05, 3.63) is 48.0 Å². The van der Waals surface area contributed by atoms with Crippen LogP contribution in [0.2, 0.25) is 0 Å². The number of ether oxygens (including phenoxy) is 5. The molecule has 18 nitrogen and oxygen atoms in total. The van der Waals surface area contributed by atoms with Gasteiger partial charge in [0.05, 0.1) is 62.1 Å². The summed E-state index contributed by atoms with van der Waals surface area (Å²) in [5.41, 5.74) is 6.19. The fourth-order valence-electron chi connectivity index (χ4n) is 12.0. The SMILES string of the molecule is CC[C@H](C)[C@@H]([C@@H](CC(=O)N1CCC[C@H]1[C@H](OC)[C@@H](C)C(=O)C[C@H](C)[C@@H](O)c1ccccc1)OC)N(C)C(=O)[C@@H](CC(=O)[C@H](C(C)C)N(C)C(=O)OC1/C=C/CCC(C)(C(=O)NCCCCC(N)C(=O)CCCOCCOC)CC1)C(C)C. The van der Waals surface area contributed by atoms with Crippen molar-refractivity contribution in [2.24, 2.45) is 46.7 Å². The molecule has 0 spiro atoms. The molecule has 1 aromatic carbocycles. The van der Waals surface area contributed by atoms with Gasteiger partial charge >= 0.3 is 6.09 Å². The van der Waals surface area contributed by atoms with E-state index in [4.69, 9.17) is 29.4 Å². The van der Waals surface area contributed by atoms with Gasteiger partial charge in [0, 0.05) is 91.6 Å². The Morgan fingerprint density at radius 1 is 0.805 bits per heavy atom. The highest BCUT2D eigenvalue weighted by molar-refractivity contribution is 5.92. The Labute approximate surface area is 492 Å². The third kappa shape index (κ3) is 21.5. The van der Waals surface area contributed by atoms with Gasteiger partial charge in [-0.2, -0.15) is 0 Å². The number of hydrogen-bond donors (Lipinski definition) is 3. The molecule has 0 saturated carbocycles. The number of unbranched alkanes of at least 4 members (excludes halogenated alkanes) is 1. The third-order valence-electron chi connectivity index (χ3n) is 17.5. The van der Waals surface area contributed by atoms with E-state index in [9.17, 15) is 38.7 Å². The van der Waals surface area contributed by atoms with Crippen LogP contribution in [0.15, 0.2) is 42.5 Å². The number of nitrogens with two attached hydrogens (primary N) is 1. The molecule has 1 fully saturated rings. The fraction of sp³-hybridized carbons (Fsp3) is 0.766. The number of nitrogens with one attached hydrogen (secondary N) is 1. The van der Waals surface area contributed by atoms with Gasteiger partial charge in [0.1, 0.15) is 17.7 Å². The van der Waals surface area contributed by atoms with Crippen molar-refractivity contribution in [2.45, 2.75) is 207 Å². The number of hydrogen-bond acceptors (Lipinski definition) is 14. The molecule has 1 saturated heterocycles. The zero-order chi connectivity index (χ0) is 61.3. The van der Waals surface area contributed by atoms with Gasteiger partial charge in [-0.1, -0.05) is 105 Å². The molecule has 3 unspecified atom stereocenters. The lowest BCUT2D eigenvalue weighted by Gasteiger charge is -2.41. The number of benzene rings is 1. The Bertz CT molecular complexity index is 2160. The highest BCUT2D eigenvalue weighted by atomic mass is 16.6. The smallest absolute Gasteiger partial charge is 0.410 e. The highest BCUT2D eigenvalue weighted by Gasteiger charge is 2.44. The molecule has 82 heavy (non-hydrogen) atoms. The van der Waals surface area contributed by atoms with Crippen LogP contribution in [0.25, 0.3) is 0 Å². The number of aliphatic hydroxyl groups is 1. The summed E-state index contributed by atoms with van der Waals surface area (Å²) < 4.78 is 28.6. The Morgan fingerprint density at radius 3 is 2.12 bits per heavy atom. The summed E-state index contributed by atoms with van der Waals surface area (Å²) in [5.74, 6) is -3.14. The van der Waals surface area contributed by atoms with E-state index in [1.807, 2.05) is 105 Å². The first-order chi connectivity index (χ1) is 38.9. The van der Waals surface area contributed by atoms with Gasteiger partial charge in [-0.15, -0.1) is 0 Å². The van der Waals surface area contributed by atoms with Crippen LogP contribution < -0.4 is 11.1 Å². The van der Waals surface area contributed by atoms with Crippen LogP contribution in [-0.2, 0) is 52.5 Å². The minimum atomic E-state index is -0.903. The number of methoxy groups -OCH3 is 3. The lowest BCUT2D eigenvalue weighted by atomic mass is 9.78. The first kappa shape index (κ1) is 71.7. The van der Waals surface area contributed by atoms with Crippen LogP contribution in [0.3, 0.4) is 0 Å². The van der Waals surface area contributed by atoms with Crippen LogP contribution in [0.1, 0.15) is 170 Å². The second kappa shape index (κ2) is 36.3. The van der Waals surface area contributed by atoms with E-state index in [2.05, 4.69) is 5.32 Å². The molecule has 3 rings (SSSR count). The van der Waals surface area contributed by atoms with Gasteiger partial charge in [-0.3, -0.25) is 28.8 Å². The number of Topliss-reactive ketones (excluding diaryl/α,β-unsaturated/α-hetero) is 3. The summed E-state index contributed by atoms with van der Waals surface area (Å²) in [7, 11) is 7.99. The number of likely N-dealkylation sites (tertiary alicyclic amines) is 1. The molecule has 0 aromatic heterocycles. The number of carbonyl (C=O) groups excluding carboxylic acids is 7. The second-order valence-corrected chi connectivity index (χ2v) is 24.4. The van der Waals surface area contributed by atoms with Crippen molar-refractivity contribution < 1.29 is 62.4 Å². The number of aliphatic hydroxyl groups excluding tert-OH is 1. The van der Waals surface area contributed by atoms with Gasteiger partial charge in [-0.25, -0.2) is 4.79 Å². The van der Waals surface area contributed by atoms with Crippen molar-refractivity contribution in [3.63, 3.8) is 0 Å². The van der Waals surface area contributed by atoms with Gasteiger partial charge < -0.3 is 54.5 Å². The Balaban J connectivity index is 1.64. The first-order valence-corrected chi connectivity index (χ1v) is 30.5. The van der Waals surface area contributed by atoms with E-state index in [1.165, 1.54) is 4.90 Å². The quantitative estimate of drug-likeness (QED) is 0.0418. The largest absolute Gasteiger partial charge is 0.442 e. The van der Waals surface area contributed by atoms with Crippen LogP contribution >= 0.6 is 0 Å². The van der Waals surface area contributed by atoms with Gasteiger partial charge in [0.25, 0.3) is 0 Å². The lowest BCUT2D eigenvalue weighted by molar-refractivity contribution is -0.149. The summed E-state index contributed by atoms with van der Waals surface area (Å²) in [4.78, 5) is 103. The fourth-order valence-corrected chi connectivity index (χ4v) is 12.0. The first-order valence-electron chi connectivity index (χ1n) is 30.5.